The molecule has 0 radical (unpaired) electrons. The normalized spacial score (nSPS) is 15.6. The van der Waals surface area contributed by atoms with Gasteiger partial charge in [0.1, 0.15) is 11.6 Å². The van der Waals surface area contributed by atoms with E-state index in [4.69, 9.17) is 4.74 Å². The van der Waals surface area contributed by atoms with Gasteiger partial charge >= 0.3 is 0 Å². The predicted octanol–water partition coefficient (Wildman–Crippen LogP) is 3.77. The van der Waals surface area contributed by atoms with Crippen molar-refractivity contribution in [3.63, 3.8) is 0 Å². The predicted molar refractivity (Wildman–Crippen MR) is 56.9 cm³/mol. The average Bonchev–Trinajstić information content (AvgIpc) is 2.86. The van der Waals surface area contributed by atoms with Crippen molar-refractivity contribution in [2.75, 3.05) is 6.61 Å². The molecule has 1 aliphatic carbocycles. The summed E-state index contributed by atoms with van der Waals surface area (Å²) >= 11 is 3.23. The third-order valence-electron chi connectivity index (χ3n) is 2.33. The van der Waals surface area contributed by atoms with Crippen molar-refractivity contribution in [1.82, 2.24) is 0 Å². The SMILES string of the molecule is Fc1cc(Br)cc(OCCC2CC2)c1. The molecule has 14 heavy (non-hydrogen) atoms. The highest BCUT2D eigenvalue weighted by molar-refractivity contribution is 9.10. The van der Waals surface area contributed by atoms with Crippen LogP contribution in [0.1, 0.15) is 19.3 Å². The summed E-state index contributed by atoms with van der Waals surface area (Å²) in [6.45, 7) is 0.695. The smallest absolute Gasteiger partial charge is 0.128 e. The lowest BCUT2D eigenvalue weighted by Gasteiger charge is -2.05. The summed E-state index contributed by atoms with van der Waals surface area (Å²) in [6.07, 6.45) is 3.75. The maximum absolute atomic E-state index is 12.9. The van der Waals surface area contributed by atoms with Gasteiger partial charge in [0.2, 0.25) is 0 Å². The van der Waals surface area contributed by atoms with Crippen LogP contribution < -0.4 is 4.74 Å². The molecule has 3 heteroatoms. The van der Waals surface area contributed by atoms with Crippen molar-refractivity contribution in [3.8, 4) is 5.75 Å². The zero-order valence-electron chi connectivity index (χ0n) is 7.80. The average molecular weight is 259 g/mol. The highest BCUT2D eigenvalue weighted by atomic mass is 79.9. The van der Waals surface area contributed by atoms with Crippen molar-refractivity contribution in [1.29, 1.82) is 0 Å². The van der Waals surface area contributed by atoms with Crippen molar-refractivity contribution < 1.29 is 9.13 Å². The van der Waals surface area contributed by atoms with Gasteiger partial charge in [0.15, 0.2) is 0 Å². The van der Waals surface area contributed by atoms with E-state index in [1.54, 1.807) is 6.07 Å². The number of hydrogen-bond acceptors (Lipinski definition) is 1. The molecule has 76 valence electrons. The van der Waals surface area contributed by atoms with Crippen LogP contribution in [0, 0.1) is 11.7 Å². The summed E-state index contributed by atoms with van der Waals surface area (Å²) < 4.78 is 19.1. The lowest BCUT2D eigenvalue weighted by Crippen LogP contribution is -1.98. The van der Waals surface area contributed by atoms with Crippen LogP contribution in [0.2, 0.25) is 0 Å². The molecule has 1 nitrogen and oxygen atoms in total. The van der Waals surface area contributed by atoms with E-state index in [9.17, 15) is 4.39 Å². The van der Waals surface area contributed by atoms with E-state index in [-0.39, 0.29) is 5.82 Å². The molecule has 0 heterocycles. The van der Waals surface area contributed by atoms with Crippen LogP contribution >= 0.6 is 15.9 Å². The first-order valence-electron chi connectivity index (χ1n) is 4.83. The van der Waals surface area contributed by atoms with E-state index in [1.807, 2.05) is 0 Å². The number of halogens is 2. The number of benzene rings is 1. The molecule has 1 aliphatic rings. The summed E-state index contributed by atoms with van der Waals surface area (Å²) in [7, 11) is 0. The molecule has 0 saturated heterocycles. The van der Waals surface area contributed by atoms with Gasteiger partial charge in [-0.25, -0.2) is 4.39 Å². The number of ether oxygens (including phenoxy) is 1. The van der Waals surface area contributed by atoms with E-state index in [1.165, 1.54) is 25.0 Å². The van der Waals surface area contributed by atoms with Gasteiger partial charge in [0, 0.05) is 10.5 Å². The zero-order chi connectivity index (χ0) is 9.97. The lowest BCUT2D eigenvalue weighted by molar-refractivity contribution is 0.301. The summed E-state index contributed by atoms with van der Waals surface area (Å²) in [5.74, 6) is 1.20. The van der Waals surface area contributed by atoms with Gasteiger partial charge in [0.05, 0.1) is 6.61 Å². The maximum Gasteiger partial charge on any atom is 0.128 e. The Hall–Kier alpha value is -0.570. The Morgan fingerprint density at radius 3 is 2.79 bits per heavy atom. The fourth-order valence-corrected chi connectivity index (χ4v) is 1.81. The van der Waals surface area contributed by atoms with E-state index < -0.39 is 0 Å². The Labute approximate surface area is 91.4 Å². The van der Waals surface area contributed by atoms with Crippen LogP contribution in [0.25, 0.3) is 0 Å². The third kappa shape index (κ3) is 2.98. The molecule has 0 N–H and O–H groups in total. The monoisotopic (exact) mass is 258 g/mol. The van der Waals surface area contributed by atoms with Crippen LogP contribution in [0.4, 0.5) is 4.39 Å². The summed E-state index contributed by atoms with van der Waals surface area (Å²) in [5.41, 5.74) is 0. The Bertz CT molecular complexity index is 303. The molecule has 0 unspecified atom stereocenters. The molecule has 0 aromatic heterocycles. The lowest BCUT2D eigenvalue weighted by atomic mass is 10.3. The summed E-state index contributed by atoms with van der Waals surface area (Å²) in [5, 5.41) is 0. The van der Waals surface area contributed by atoms with Crippen molar-refractivity contribution in [3.05, 3.63) is 28.5 Å². The standard InChI is InChI=1S/C11H12BrFO/c12-9-5-10(13)7-11(6-9)14-4-3-8-1-2-8/h5-8H,1-4H2. The molecule has 0 bridgehead atoms. The van der Waals surface area contributed by atoms with Crippen LogP contribution in [-0.2, 0) is 0 Å². The van der Waals surface area contributed by atoms with Crippen LogP contribution in [0.3, 0.4) is 0 Å². The quantitative estimate of drug-likeness (QED) is 0.799. The summed E-state index contributed by atoms with van der Waals surface area (Å²) in [4.78, 5) is 0. The van der Waals surface area contributed by atoms with Crippen LogP contribution in [0.15, 0.2) is 22.7 Å². The molecule has 0 atom stereocenters. The molecule has 1 aromatic rings. The van der Waals surface area contributed by atoms with Gasteiger partial charge in [-0.1, -0.05) is 28.8 Å². The molecule has 1 fully saturated rings. The molecule has 2 rings (SSSR count). The maximum atomic E-state index is 12.9. The zero-order valence-corrected chi connectivity index (χ0v) is 9.39. The number of rotatable bonds is 4. The highest BCUT2D eigenvalue weighted by Crippen LogP contribution is 2.32. The first-order valence-corrected chi connectivity index (χ1v) is 5.62. The van der Waals surface area contributed by atoms with Crippen molar-refractivity contribution in [2.24, 2.45) is 5.92 Å². The minimum Gasteiger partial charge on any atom is -0.493 e. The largest absolute Gasteiger partial charge is 0.493 e. The molecule has 1 saturated carbocycles. The van der Waals surface area contributed by atoms with E-state index in [0.29, 0.717) is 12.4 Å². The molecular formula is C11H12BrFO. The van der Waals surface area contributed by atoms with Crippen LogP contribution in [0.5, 0.6) is 5.75 Å². The number of hydrogen-bond donors (Lipinski definition) is 0. The molecule has 0 spiro atoms. The van der Waals surface area contributed by atoms with Gasteiger partial charge in [-0.15, -0.1) is 0 Å². The van der Waals surface area contributed by atoms with E-state index >= 15 is 0 Å². The molecule has 0 amide bonds. The van der Waals surface area contributed by atoms with Crippen molar-refractivity contribution >= 4 is 15.9 Å². The minimum atomic E-state index is -0.263. The van der Waals surface area contributed by atoms with Gasteiger partial charge in [-0.3, -0.25) is 0 Å². The second-order valence-corrected chi connectivity index (χ2v) is 4.60. The van der Waals surface area contributed by atoms with Gasteiger partial charge in [0.25, 0.3) is 0 Å². The van der Waals surface area contributed by atoms with E-state index in [2.05, 4.69) is 15.9 Å². The van der Waals surface area contributed by atoms with Crippen molar-refractivity contribution in [2.45, 2.75) is 19.3 Å². The molecule has 0 aliphatic heterocycles. The fraction of sp³-hybridized carbons (Fsp3) is 0.455. The van der Waals surface area contributed by atoms with Gasteiger partial charge in [-0.2, -0.15) is 0 Å². The Kier molecular flexibility index (Phi) is 3.06. The topological polar surface area (TPSA) is 9.23 Å². The first-order chi connectivity index (χ1) is 6.74. The van der Waals surface area contributed by atoms with Gasteiger partial charge < -0.3 is 4.74 Å². The second kappa shape index (κ2) is 4.30. The van der Waals surface area contributed by atoms with Crippen LogP contribution in [-0.4, -0.2) is 6.61 Å². The molecule has 1 aromatic carbocycles. The minimum absolute atomic E-state index is 0.263. The first kappa shape index (κ1) is 9.97. The fourth-order valence-electron chi connectivity index (χ4n) is 1.36. The summed E-state index contributed by atoms with van der Waals surface area (Å²) in [6, 6.07) is 4.63. The second-order valence-electron chi connectivity index (χ2n) is 3.69. The Morgan fingerprint density at radius 1 is 1.36 bits per heavy atom. The third-order valence-corrected chi connectivity index (χ3v) is 2.79. The Balaban J connectivity index is 1.87. The van der Waals surface area contributed by atoms with E-state index in [0.717, 1.165) is 16.8 Å². The Morgan fingerprint density at radius 2 is 2.14 bits per heavy atom. The molecular weight excluding hydrogens is 247 g/mol. The highest BCUT2D eigenvalue weighted by Gasteiger charge is 2.20. The van der Waals surface area contributed by atoms with Gasteiger partial charge in [-0.05, 0) is 24.5 Å².